The first-order chi connectivity index (χ1) is 8.61. The zero-order valence-electron chi connectivity index (χ0n) is 10.4. The van der Waals surface area contributed by atoms with E-state index in [0.717, 1.165) is 11.1 Å². The number of hydrogen-bond acceptors (Lipinski definition) is 1. The number of rotatable bonds is 3. The molecule has 18 heavy (non-hydrogen) atoms. The van der Waals surface area contributed by atoms with Gasteiger partial charge in [0.15, 0.2) is 0 Å². The van der Waals surface area contributed by atoms with Crippen LogP contribution in [0, 0.1) is 12.7 Å². The molecule has 0 radical (unpaired) electrons. The highest BCUT2D eigenvalue weighted by molar-refractivity contribution is 6.31. The summed E-state index contributed by atoms with van der Waals surface area (Å²) in [4.78, 5) is 0. The topological polar surface area (TPSA) is 12.0 Å². The van der Waals surface area contributed by atoms with Crippen LogP contribution in [-0.2, 0) is 0 Å². The van der Waals surface area contributed by atoms with Crippen molar-refractivity contribution >= 4 is 11.6 Å². The molecule has 0 aliphatic heterocycles. The fraction of sp³-hybridized carbons (Fsp3) is 0.200. The molecule has 1 nitrogen and oxygen atoms in total. The van der Waals surface area contributed by atoms with Crippen molar-refractivity contribution in [2.45, 2.75) is 13.0 Å². The Morgan fingerprint density at radius 2 is 1.78 bits per heavy atom. The summed E-state index contributed by atoms with van der Waals surface area (Å²) in [6.07, 6.45) is 0. The van der Waals surface area contributed by atoms with E-state index in [1.54, 1.807) is 6.07 Å². The molecule has 0 aliphatic carbocycles. The van der Waals surface area contributed by atoms with Crippen molar-refractivity contribution in [2.24, 2.45) is 0 Å². The minimum absolute atomic E-state index is 0.103. The van der Waals surface area contributed by atoms with Crippen molar-refractivity contribution in [3.63, 3.8) is 0 Å². The molecule has 0 saturated carbocycles. The smallest absolute Gasteiger partial charge is 0.123 e. The average Bonchev–Trinajstić information content (AvgIpc) is 2.37. The summed E-state index contributed by atoms with van der Waals surface area (Å²) in [5, 5.41) is 3.74. The van der Waals surface area contributed by atoms with Gasteiger partial charge >= 0.3 is 0 Å². The van der Waals surface area contributed by atoms with E-state index in [2.05, 4.69) is 5.32 Å². The van der Waals surface area contributed by atoms with E-state index in [1.165, 1.54) is 17.7 Å². The van der Waals surface area contributed by atoms with Gasteiger partial charge in [-0.2, -0.15) is 0 Å². The average molecular weight is 264 g/mol. The summed E-state index contributed by atoms with van der Waals surface area (Å²) >= 11 is 6.14. The normalized spacial score (nSPS) is 12.4. The molecular weight excluding hydrogens is 249 g/mol. The van der Waals surface area contributed by atoms with Crippen molar-refractivity contribution < 1.29 is 4.39 Å². The lowest BCUT2D eigenvalue weighted by Gasteiger charge is -2.18. The van der Waals surface area contributed by atoms with Crippen LogP contribution in [0.5, 0.6) is 0 Å². The van der Waals surface area contributed by atoms with Gasteiger partial charge in [-0.1, -0.05) is 41.4 Å². The van der Waals surface area contributed by atoms with Gasteiger partial charge in [-0.3, -0.25) is 0 Å². The zero-order valence-corrected chi connectivity index (χ0v) is 11.1. The van der Waals surface area contributed by atoms with Gasteiger partial charge in [0.1, 0.15) is 5.82 Å². The van der Waals surface area contributed by atoms with Crippen LogP contribution >= 0.6 is 11.6 Å². The lowest BCUT2D eigenvalue weighted by atomic mass is 9.98. The Balaban J connectivity index is 2.44. The van der Waals surface area contributed by atoms with Crippen LogP contribution < -0.4 is 5.32 Å². The summed E-state index contributed by atoms with van der Waals surface area (Å²) in [6, 6.07) is 12.4. The maximum absolute atomic E-state index is 13.3. The highest BCUT2D eigenvalue weighted by Crippen LogP contribution is 2.28. The second-order valence-electron chi connectivity index (χ2n) is 4.30. The predicted molar refractivity (Wildman–Crippen MR) is 73.5 cm³/mol. The SMILES string of the molecule is CNC(c1ccc(C)cc1)c1cc(F)ccc1Cl. The minimum atomic E-state index is -0.276. The largest absolute Gasteiger partial charge is 0.309 e. The second-order valence-corrected chi connectivity index (χ2v) is 4.71. The summed E-state index contributed by atoms with van der Waals surface area (Å²) in [6.45, 7) is 2.04. The third-order valence-corrected chi connectivity index (χ3v) is 3.31. The Morgan fingerprint density at radius 1 is 1.11 bits per heavy atom. The molecule has 1 atom stereocenters. The Hall–Kier alpha value is -1.38. The molecule has 0 spiro atoms. The molecule has 0 aromatic heterocycles. The van der Waals surface area contributed by atoms with Crippen LogP contribution in [0.1, 0.15) is 22.7 Å². The first kappa shape index (κ1) is 13.1. The summed E-state index contributed by atoms with van der Waals surface area (Å²) in [7, 11) is 1.84. The summed E-state index contributed by atoms with van der Waals surface area (Å²) in [5.41, 5.74) is 3.01. The fourth-order valence-corrected chi connectivity index (χ4v) is 2.22. The molecule has 0 heterocycles. The van der Waals surface area contributed by atoms with Gasteiger partial charge < -0.3 is 5.32 Å². The third-order valence-electron chi connectivity index (χ3n) is 2.97. The van der Waals surface area contributed by atoms with Gasteiger partial charge in [0.2, 0.25) is 0 Å². The molecule has 1 unspecified atom stereocenters. The van der Waals surface area contributed by atoms with Crippen LogP contribution in [-0.4, -0.2) is 7.05 Å². The molecular formula is C15H15ClFN. The molecule has 0 aliphatic rings. The van der Waals surface area contributed by atoms with Gasteiger partial charge in [0.05, 0.1) is 6.04 Å². The summed E-state index contributed by atoms with van der Waals surface area (Å²) < 4.78 is 13.3. The van der Waals surface area contributed by atoms with Gasteiger partial charge in [-0.25, -0.2) is 4.39 Å². The van der Waals surface area contributed by atoms with E-state index in [4.69, 9.17) is 11.6 Å². The van der Waals surface area contributed by atoms with Crippen LogP contribution in [0.3, 0.4) is 0 Å². The second kappa shape index (κ2) is 5.51. The van der Waals surface area contributed by atoms with E-state index in [-0.39, 0.29) is 11.9 Å². The number of hydrogen-bond donors (Lipinski definition) is 1. The van der Waals surface area contributed by atoms with E-state index in [9.17, 15) is 4.39 Å². The molecule has 2 aromatic carbocycles. The molecule has 94 valence electrons. The number of halogens is 2. The summed E-state index contributed by atoms with van der Waals surface area (Å²) in [5.74, 6) is -0.276. The zero-order chi connectivity index (χ0) is 13.1. The fourth-order valence-electron chi connectivity index (χ4n) is 2.00. The molecule has 0 fully saturated rings. The number of aryl methyl sites for hydroxylation is 1. The minimum Gasteiger partial charge on any atom is -0.309 e. The third kappa shape index (κ3) is 2.71. The molecule has 0 bridgehead atoms. The molecule has 1 N–H and O–H groups in total. The number of nitrogens with one attached hydrogen (secondary N) is 1. The maximum atomic E-state index is 13.3. The first-order valence-corrected chi connectivity index (χ1v) is 6.18. The maximum Gasteiger partial charge on any atom is 0.123 e. The van der Waals surface area contributed by atoms with Crippen LogP contribution in [0.25, 0.3) is 0 Å². The van der Waals surface area contributed by atoms with Crippen molar-refractivity contribution in [3.05, 3.63) is 70.0 Å². The van der Waals surface area contributed by atoms with Crippen LogP contribution in [0.15, 0.2) is 42.5 Å². The van der Waals surface area contributed by atoms with E-state index in [0.29, 0.717) is 5.02 Å². The molecule has 0 saturated heterocycles. The van der Waals surface area contributed by atoms with Crippen molar-refractivity contribution in [1.82, 2.24) is 5.32 Å². The van der Waals surface area contributed by atoms with Gasteiger partial charge in [-0.15, -0.1) is 0 Å². The monoisotopic (exact) mass is 263 g/mol. The molecule has 2 rings (SSSR count). The lowest BCUT2D eigenvalue weighted by molar-refractivity contribution is 0.617. The molecule has 2 aromatic rings. The van der Waals surface area contributed by atoms with E-state index >= 15 is 0 Å². The Labute approximate surface area is 112 Å². The van der Waals surface area contributed by atoms with Crippen molar-refractivity contribution in [3.8, 4) is 0 Å². The van der Waals surface area contributed by atoms with Crippen molar-refractivity contribution in [2.75, 3.05) is 7.05 Å². The van der Waals surface area contributed by atoms with Crippen molar-refractivity contribution in [1.29, 1.82) is 0 Å². The standard InChI is InChI=1S/C15H15ClFN/c1-10-3-5-11(6-4-10)15(18-2)13-9-12(17)7-8-14(13)16/h3-9,15,18H,1-2H3. The highest BCUT2D eigenvalue weighted by atomic mass is 35.5. The van der Waals surface area contributed by atoms with Crippen LogP contribution in [0.4, 0.5) is 4.39 Å². The van der Waals surface area contributed by atoms with Gasteiger partial charge in [0.25, 0.3) is 0 Å². The molecule has 3 heteroatoms. The highest BCUT2D eigenvalue weighted by Gasteiger charge is 2.15. The predicted octanol–water partition coefficient (Wildman–Crippen LogP) is 4.10. The van der Waals surface area contributed by atoms with Gasteiger partial charge in [0, 0.05) is 5.02 Å². The Kier molecular flexibility index (Phi) is 4.00. The van der Waals surface area contributed by atoms with Gasteiger partial charge in [-0.05, 0) is 43.3 Å². The van der Waals surface area contributed by atoms with Crippen LogP contribution in [0.2, 0.25) is 5.02 Å². The quantitative estimate of drug-likeness (QED) is 0.879. The van der Waals surface area contributed by atoms with E-state index in [1.807, 2.05) is 38.2 Å². The molecule has 0 amide bonds. The Bertz CT molecular complexity index is 537. The number of benzene rings is 2. The first-order valence-electron chi connectivity index (χ1n) is 5.80. The van der Waals surface area contributed by atoms with E-state index < -0.39 is 0 Å². The lowest BCUT2D eigenvalue weighted by Crippen LogP contribution is -2.18. The Morgan fingerprint density at radius 3 is 2.39 bits per heavy atom.